The van der Waals surface area contributed by atoms with Crippen molar-refractivity contribution in [3.05, 3.63) is 0 Å². The van der Waals surface area contributed by atoms with Gasteiger partial charge in [-0.15, -0.1) is 0 Å². The van der Waals surface area contributed by atoms with Crippen LogP contribution in [-0.4, -0.2) is 178 Å². The molecule has 18 nitrogen and oxygen atoms in total. The van der Waals surface area contributed by atoms with Gasteiger partial charge in [-0.3, -0.25) is 0 Å². The fraction of sp³-hybridized carbons (Fsp3) is 1.00. The number of nitrogens with two attached hydrogens (primary N) is 4. The van der Waals surface area contributed by atoms with Crippen molar-refractivity contribution >= 4 is 0 Å². The van der Waals surface area contributed by atoms with Crippen molar-refractivity contribution in [1.82, 2.24) is 10.6 Å². The lowest BCUT2D eigenvalue weighted by Crippen LogP contribution is -2.69. The number of aliphatic hydroxyl groups is 8. The summed E-state index contributed by atoms with van der Waals surface area (Å²) in [5.74, 6) is 0. The molecule has 0 amide bonds. The maximum atomic E-state index is 11.6. The fourth-order valence-electron chi connectivity index (χ4n) is 5.74. The van der Waals surface area contributed by atoms with Crippen molar-refractivity contribution in [2.24, 2.45) is 22.9 Å². The van der Waals surface area contributed by atoms with Crippen molar-refractivity contribution in [1.29, 1.82) is 0 Å². The Morgan fingerprint density at radius 2 is 1.47 bits per heavy atom. The first-order valence-electron chi connectivity index (χ1n) is 14.7. The van der Waals surface area contributed by atoms with Crippen LogP contribution >= 0.6 is 0 Å². The van der Waals surface area contributed by atoms with E-state index in [4.69, 9.17) is 41.9 Å². The molecule has 1 aliphatic carbocycles. The van der Waals surface area contributed by atoms with E-state index in [9.17, 15) is 40.9 Å². The molecule has 43 heavy (non-hydrogen) atoms. The summed E-state index contributed by atoms with van der Waals surface area (Å²) in [5.41, 5.74) is 23.7. The zero-order chi connectivity index (χ0) is 31.8. The summed E-state index contributed by atoms with van der Waals surface area (Å²) in [5, 5.41) is 88.3. The molecule has 0 aromatic rings. The Balaban J connectivity index is 1.84. The van der Waals surface area contributed by atoms with Crippen LogP contribution in [0.2, 0.25) is 0 Å². The highest BCUT2D eigenvalue weighted by atomic mass is 16.7. The van der Waals surface area contributed by atoms with Crippen LogP contribution < -0.4 is 33.6 Å². The summed E-state index contributed by atoms with van der Waals surface area (Å²) >= 11 is 0. The number of hydrogen-bond acceptors (Lipinski definition) is 18. The lowest BCUT2D eigenvalue weighted by Gasteiger charge is -2.49. The molecule has 2 saturated heterocycles. The minimum absolute atomic E-state index is 0.0146. The van der Waals surface area contributed by atoms with E-state index in [-0.39, 0.29) is 32.5 Å². The zero-order valence-corrected chi connectivity index (χ0v) is 24.1. The second kappa shape index (κ2) is 17.3. The molecule has 0 aromatic heterocycles. The number of aliphatic hydroxyl groups excluding tert-OH is 8. The van der Waals surface area contributed by atoms with E-state index in [1.165, 1.54) is 0 Å². The van der Waals surface area contributed by atoms with Gasteiger partial charge in [-0.2, -0.15) is 0 Å². The van der Waals surface area contributed by atoms with Crippen LogP contribution in [0.15, 0.2) is 0 Å². The molecule has 0 radical (unpaired) electrons. The van der Waals surface area contributed by atoms with E-state index in [0.29, 0.717) is 6.42 Å². The summed E-state index contributed by atoms with van der Waals surface area (Å²) < 4.78 is 23.8. The first kappa shape index (κ1) is 36.7. The van der Waals surface area contributed by atoms with Crippen LogP contribution in [-0.2, 0) is 18.9 Å². The van der Waals surface area contributed by atoms with Gasteiger partial charge in [0.1, 0.15) is 36.6 Å². The van der Waals surface area contributed by atoms with Gasteiger partial charge in [0.2, 0.25) is 0 Å². The Hall–Kier alpha value is -0.720. The molecule has 3 rings (SSSR count). The molecule has 0 bridgehead atoms. The van der Waals surface area contributed by atoms with Crippen LogP contribution in [0.4, 0.5) is 0 Å². The summed E-state index contributed by atoms with van der Waals surface area (Å²) in [7, 11) is 0. The topological polar surface area (TPSA) is 327 Å². The van der Waals surface area contributed by atoms with Crippen LogP contribution in [0.5, 0.6) is 0 Å². The van der Waals surface area contributed by atoms with E-state index >= 15 is 0 Å². The molecular weight excluding hydrogens is 576 g/mol. The molecule has 0 spiro atoms. The first-order valence-corrected chi connectivity index (χ1v) is 14.7. The molecule has 18 heteroatoms. The van der Waals surface area contributed by atoms with Gasteiger partial charge in [0.25, 0.3) is 0 Å². The molecule has 2 heterocycles. The second-order valence-corrected chi connectivity index (χ2v) is 11.5. The lowest BCUT2D eigenvalue weighted by atomic mass is 9.83. The average Bonchev–Trinajstić information content (AvgIpc) is 2.99. The molecule has 0 aromatic carbocycles. The van der Waals surface area contributed by atoms with Crippen LogP contribution in [0.1, 0.15) is 19.3 Å². The summed E-state index contributed by atoms with van der Waals surface area (Å²) in [6.45, 7) is -1.12. The van der Waals surface area contributed by atoms with E-state index in [1.54, 1.807) is 0 Å². The Bertz CT molecular complexity index is 806. The van der Waals surface area contributed by atoms with Crippen molar-refractivity contribution < 1.29 is 59.8 Å². The summed E-state index contributed by atoms with van der Waals surface area (Å²) in [6.07, 6.45) is -12.4. The highest BCUT2D eigenvalue weighted by molar-refractivity contribution is 5.03. The Morgan fingerprint density at radius 1 is 0.814 bits per heavy atom. The van der Waals surface area contributed by atoms with Crippen molar-refractivity contribution in [2.75, 3.05) is 39.5 Å². The van der Waals surface area contributed by atoms with E-state index < -0.39 is 118 Å². The molecule has 1 saturated carbocycles. The minimum Gasteiger partial charge on any atom is -0.395 e. The molecule has 18 N–H and O–H groups in total. The van der Waals surface area contributed by atoms with Gasteiger partial charge in [0.05, 0.1) is 56.3 Å². The predicted octanol–water partition coefficient (Wildman–Crippen LogP) is -7.97. The molecule has 1 unspecified atom stereocenters. The highest BCUT2D eigenvalue weighted by Gasteiger charge is 2.51. The molecule has 2 aliphatic heterocycles. The molecule has 3 aliphatic rings. The molecule has 254 valence electrons. The smallest absolute Gasteiger partial charge is 0.186 e. The monoisotopic (exact) mass is 628 g/mol. The number of rotatable bonds is 15. The van der Waals surface area contributed by atoms with Crippen LogP contribution in [0.3, 0.4) is 0 Å². The normalized spacial score (nSPS) is 43.2. The number of hydrogen-bond donors (Lipinski definition) is 14. The molecule has 3 fully saturated rings. The second-order valence-electron chi connectivity index (χ2n) is 11.5. The SMILES string of the molecule is NCCC(O)CN[C@@H]1C[C@H](O)[C@@H](CN)O[C@@H]1O[C@H]1[C@H](O)[C@@H](O[C@H]2O[C@H](CO)[C@@H](O)[C@H](N)[C@H]2O)[C@H](NC(CO)CO)C[C@@H]1N. The van der Waals surface area contributed by atoms with Gasteiger partial charge in [-0.25, -0.2) is 0 Å². The van der Waals surface area contributed by atoms with E-state index in [2.05, 4.69) is 10.6 Å². The predicted molar refractivity (Wildman–Crippen MR) is 149 cm³/mol. The van der Waals surface area contributed by atoms with Gasteiger partial charge in [-0.05, 0) is 25.8 Å². The summed E-state index contributed by atoms with van der Waals surface area (Å²) in [4.78, 5) is 0. The molecule has 15 atom stereocenters. The maximum Gasteiger partial charge on any atom is 0.186 e. The quantitative estimate of drug-likeness (QED) is 0.0800. The summed E-state index contributed by atoms with van der Waals surface area (Å²) in [6, 6.07) is -4.32. The largest absolute Gasteiger partial charge is 0.395 e. The van der Waals surface area contributed by atoms with Gasteiger partial charge in [-0.1, -0.05) is 0 Å². The third kappa shape index (κ3) is 9.18. The van der Waals surface area contributed by atoms with Crippen molar-refractivity contribution in [3.63, 3.8) is 0 Å². The Morgan fingerprint density at radius 3 is 2.07 bits per heavy atom. The minimum atomic E-state index is -1.55. The van der Waals surface area contributed by atoms with E-state index in [1.807, 2.05) is 0 Å². The standard InChI is InChI=1S/C25H52N6O12/c26-2-1-11(35)6-30-14-4-15(36)16(5-27)40-24(14)42-22-12(28)3-13(31-10(7-32)8-33)23(21(22)39)43-25-20(38)18(29)19(37)17(9-34)41-25/h10-25,30-39H,1-9,26-29H2/t11?,12-,13+,14+,15-,16+,17+,18-,19+,20+,21-,22+,23-,24+,25+/m0/s1. The van der Waals surface area contributed by atoms with Crippen LogP contribution in [0.25, 0.3) is 0 Å². The number of nitrogens with one attached hydrogen (secondary N) is 2. The van der Waals surface area contributed by atoms with Gasteiger partial charge < -0.3 is 93.4 Å². The Labute approximate surface area is 250 Å². The van der Waals surface area contributed by atoms with Gasteiger partial charge >= 0.3 is 0 Å². The third-order valence-electron chi connectivity index (χ3n) is 8.34. The number of ether oxygens (including phenoxy) is 4. The highest BCUT2D eigenvalue weighted by Crippen LogP contribution is 2.32. The zero-order valence-electron chi connectivity index (χ0n) is 24.1. The maximum absolute atomic E-state index is 11.6. The lowest BCUT2D eigenvalue weighted by molar-refractivity contribution is -0.317. The van der Waals surface area contributed by atoms with Crippen molar-refractivity contribution in [2.45, 2.75) is 117 Å². The van der Waals surface area contributed by atoms with Crippen LogP contribution in [0, 0.1) is 0 Å². The van der Waals surface area contributed by atoms with E-state index in [0.717, 1.165) is 0 Å². The molecular formula is C25H52N6O12. The fourth-order valence-corrected chi connectivity index (χ4v) is 5.74. The first-order chi connectivity index (χ1) is 20.5. The third-order valence-corrected chi connectivity index (χ3v) is 8.34. The average molecular weight is 629 g/mol. The van der Waals surface area contributed by atoms with Gasteiger partial charge in [0.15, 0.2) is 12.6 Å². The Kier molecular flexibility index (Phi) is 14.8. The van der Waals surface area contributed by atoms with Gasteiger partial charge in [0, 0.05) is 25.2 Å². The van der Waals surface area contributed by atoms with Crippen molar-refractivity contribution in [3.8, 4) is 0 Å².